The molecule has 0 fully saturated rings. The van der Waals surface area contributed by atoms with Gasteiger partial charge in [-0.25, -0.2) is 4.39 Å². The molecule has 1 aliphatic heterocycles. The van der Waals surface area contributed by atoms with Gasteiger partial charge < -0.3 is 5.32 Å². The molecule has 1 aromatic rings. The first-order valence-electron chi connectivity index (χ1n) is 5.62. The van der Waals surface area contributed by atoms with E-state index in [9.17, 15) is 4.39 Å². The SMILES string of the molecule is CC(C)(C)c1cc(Cl)c(F)c2c1CNCC2. The second kappa shape index (κ2) is 4.01. The standard InChI is InChI=1S/C13H17ClFN/c1-13(2,3)10-6-11(14)12(15)8-4-5-16-7-9(8)10/h6,16H,4-5,7H2,1-3H3. The monoisotopic (exact) mass is 241 g/mol. The predicted octanol–water partition coefficient (Wildman–Crippen LogP) is 3.42. The fourth-order valence-electron chi connectivity index (χ4n) is 2.27. The molecule has 0 saturated heterocycles. The Hall–Kier alpha value is -0.600. The number of halogens is 2. The highest BCUT2D eigenvalue weighted by atomic mass is 35.5. The van der Waals surface area contributed by atoms with Crippen LogP contribution in [0.15, 0.2) is 6.07 Å². The van der Waals surface area contributed by atoms with Crippen molar-refractivity contribution in [3.05, 3.63) is 33.6 Å². The summed E-state index contributed by atoms with van der Waals surface area (Å²) in [5.41, 5.74) is 3.05. The smallest absolute Gasteiger partial charge is 0.145 e. The number of benzene rings is 1. The van der Waals surface area contributed by atoms with Gasteiger partial charge in [0.15, 0.2) is 0 Å². The molecule has 0 atom stereocenters. The Morgan fingerprint density at radius 1 is 1.31 bits per heavy atom. The molecule has 2 rings (SSSR count). The molecule has 1 aliphatic rings. The molecule has 0 saturated carbocycles. The molecule has 1 heterocycles. The second-order valence-electron chi connectivity index (χ2n) is 5.35. The van der Waals surface area contributed by atoms with Crippen molar-refractivity contribution in [2.45, 2.75) is 39.2 Å². The van der Waals surface area contributed by atoms with E-state index in [4.69, 9.17) is 11.6 Å². The van der Waals surface area contributed by atoms with Gasteiger partial charge in [0, 0.05) is 6.54 Å². The van der Waals surface area contributed by atoms with E-state index in [2.05, 4.69) is 26.1 Å². The Kier molecular flexibility index (Phi) is 2.97. The van der Waals surface area contributed by atoms with E-state index in [1.54, 1.807) is 6.07 Å². The molecule has 0 spiro atoms. The van der Waals surface area contributed by atoms with Gasteiger partial charge >= 0.3 is 0 Å². The van der Waals surface area contributed by atoms with E-state index in [0.29, 0.717) is 0 Å². The van der Waals surface area contributed by atoms with Gasteiger partial charge in [0.1, 0.15) is 5.82 Å². The zero-order valence-electron chi connectivity index (χ0n) is 9.95. The molecule has 1 aromatic carbocycles. The maximum absolute atomic E-state index is 13.9. The number of hydrogen-bond donors (Lipinski definition) is 1. The van der Waals surface area contributed by atoms with Crippen LogP contribution in [0.2, 0.25) is 5.02 Å². The molecule has 88 valence electrons. The van der Waals surface area contributed by atoms with Crippen LogP contribution in [0.1, 0.15) is 37.5 Å². The van der Waals surface area contributed by atoms with E-state index in [-0.39, 0.29) is 16.3 Å². The van der Waals surface area contributed by atoms with E-state index in [0.717, 1.165) is 36.2 Å². The minimum atomic E-state index is -0.230. The van der Waals surface area contributed by atoms with Crippen LogP contribution < -0.4 is 5.32 Å². The molecular weight excluding hydrogens is 225 g/mol. The molecule has 0 aromatic heterocycles. The third kappa shape index (κ3) is 1.96. The van der Waals surface area contributed by atoms with Crippen molar-refractivity contribution in [2.24, 2.45) is 0 Å². The van der Waals surface area contributed by atoms with Crippen LogP contribution in [0.4, 0.5) is 4.39 Å². The first-order chi connectivity index (χ1) is 7.41. The number of rotatable bonds is 0. The lowest BCUT2D eigenvalue weighted by atomic mass is 9.80. The summed E-state index contributed by atoms with van der Waals surface area (Å²) in [4.78, 5) is 0. The maximum Gasteiger partial charge on any atom is 0.145 e. The maximum atomic E-state index is 13.9. The van der Waals surface area contributed by atoms with Gasteiger partial charge in [0.25, 0.3) is 0 Å². The van der Waals surface area contributed by atoms with Gasteiger partial charge in [-0.1, -0.05) is 32.4 Å². The average Bonchev–Trinajstić information content (AvgIpc) is 2.22. The van der Waals surface area contributed by atoms with Gasteiger partial charge in [-0.3, -0.25) is 0 Å². The Morgan fingerprint density at radius 2 is 2.00 bits per heavy atom. The largest absolute Gasteiger partial charge is 0.312 e. The summed E-state index contributed by atoms with van der Waals surface area (Å²) in [5, 5.41) is 3.55. The Bertz CT molecular complexity index is 421. The van der Waals surface area contributed by atoms with Crippen LogP contribution in [0.25, 0.3) is 0 Å². The summed E-state index contributed by atoms with van der Waals surface area (Å²) in [6, 6.07) is 1.78. The Balaban J connectivity index is 2.67. The van der Waals surface area contributed by atoms with Gasteiger partial charge in [0.05, 0.1) is 5.02 Å². The Morgan fingerprint density at radius 3 is 2.62 bits per heavy atom. The topological polar surface area (TPSA) is 12.0 Å². The molecule has 1 N–H and O–H groups in total. The van der Waals surface area contributed by atoms with Crippen LogP contribution in [-0.4, -0.2) is 6.54 Å². The summed E-state index contributed by atoms with van der Waals surface area (Å²) in [6.45, 7) is 7.96. The zero-order valence-corrected chi connectivity index (χ0v) is 10.7. The fraction of sp³-hybridized carbons (Fsp3) is 0.538. The minimum absolute atomic E-state index is 0.000440. The van der Waals surface area contributed by atoms with Crippen molar-refractivity contribution in [2.75, 3.05) is 6.54 Å². The number of nitrogens with one attached hydrogen (secondary N) is 1. The third-order valence-corrected chi connectivity index (χ3v) is 3.37. The highest BCUT2D eigenvalue weighted by molar-refractivity contribution is 6.30. The highest BCUT2D eigenvalue weighted by Crippen LogP contribution is 2.34. The summed E-state index contributed by atoms with van der Waals surface area (Å²) >= 11 is 5.96. The van der Waals surface area contributed by atoms with Gasteiger partial charge in [0.2, 0.25) is 0 Å². The number of hydrogen-bond acceptors (Lipinski definition) is 1. The molecule has 0 bridgehead atoms. The average molecular weight is 242 g/mol. The lowest BCUT2D eigenvalue weighted by Gasteiger charge is -2.28. The van der Waals surface area contributed by atoms with Crippen LogP contribution >= 0.6 is 11.6 Å². The molecular formula is C13H17ClFN. The Labute approximate surface area is 101 Å². The van der Waals surface area contributed by atoms with Crippen molar-refractivity contribution in [1.82, 2.24) is 5.32 Å². The first-order valence-corrected chi connectivity index (χ1v) is 6.00. The quantitative estimate of drug-likeness (QED) is 0.734. The van der Waals surface area contributed by atoms with Crippen molar-refractivity contribution < 1.29 is 4.39 Å². The van der Waals surface area contributed by atoms with Gasteiger partial charge in [-0.05, 0) is 41.1 Å². The lowest BCUT2D eigenvalue weighted by molar-refractivity contribution is 0.534. The summed E-state index contributed by atoms with van der Waals surface area (Å²) in [7, 11) is 0. The molecule has 0 unspecified atom stereocenters. The number of fused-ring (bicyclic) bond motifs is 1. The zero-order chi connectivity index (χ0) is 11.9. The lowest BCUT2D eigenvalue weighted by Crippen LogP contribution is -2.28. The minimum Gasteiger partial charge on any atom is -0.312 e. The molecule has 3 heteroatoms. The van der Waals surface area contributed by atoms with Gasteiger partial charge in [-0.15, -0.1) is 0 Å². The van der Waals surface area contributed by atoms with Crippen molar-refractivity contribution in [1.29, 1.82) is 0 Å². The molecule has 0 radical (unpaired) electrons. The van der Waals surface area contributed by atoms with Crippen LogP contribution in [0, 0.1) is 5.82 Å². The van der Waals surface area contributed by atoms with Crippen molar-refractivity contribution in [3.63, 3.8) is 0 Å². The van der Waals surface area contributed by atoms with E-state index in [1.165, 1.54) is 0 Å². The normalized spacial score (nSPS) is 16.1. The van der Waals surface area contributed by atoms with Crippen molar-refractivity contribution >= 4 is 11.6 Å². The molecule has 0 aliphatic carbocycles. The van der Waals surface area contributed by atoms with E-state index >= 15 is 0 Å². The van der Waals surface area contributed by atoms with Crippen LogP contribution in [-0.2, 0) is 18.4 Å². The summed E-state index contributed by atoms with van der Waals surface area (Å²) in [6.07, 6.45) is 0.727. The molecule has 0 amide bonds. The van der Waals surface area contributed by atoms with E-state index < -0.39 is 0 Å². The van der Waals surface area contributed by atoms with Crippen molar-refractivity contribution in [3.8, 4) is 0 Å². The summed E-state index contributed by atoms with van der Waals surface area (Å²) in [5.74, 6) is -0.230. The molecule has 1 nitrogen and oxygen atoms in total. The van der Waals surface area contributed by atoms with Crippen LogP contribution in [0.5, 0.6) is 0 Å². The van der Waals surface area contributed by atoms with Crippen LogP contribution in [0.3, 0.4) is 0 Å². The summed E-state index contributed by atoms with van der Waals surface area (Å²) < 4.78 is 13.9. The first kappa shape index (κ1) is 11.9. The third-order valence-electron chi connectivity index (χ3n) is 3.10. The highest BCUT2D eigenvalue weighted by Gasteiger charge is 2.25. The predicted molar refractivity (Wildman–Crippen MR) is 65.5 cm³/mol. The second-order valence-corrected chi connectivity index (χ2v) is 5.76. The fourth-order valence-corrected chi connectivity index (χ4v) is 2.50. The van der Waals surface area contributed by atoms with E-state index in [1.807, 2.05) is 0 Å². The molecule has 16 heavy (non-hydrogen) atoms. The van der Waals surface area contributed by atoms with Gasteiger partial charge in [-0.2, -0.15) is 0 Å².